The zero-order valence-electron chi connectivity index (χ0n) is 1.84. The van der Waals surface area contributed by atoms with Gasteiger partial charge in [0.15, 0.2) is 0 Å². The van der Waals surface area contributed by atoms with Gasteiger partial charge in [0, 0.05) is 0 Å². The summed E-state index contributed by atoms with van der Waals surface area (Å²) >= 11 is 0.430. The summed E-state index contributed by atoms with van der Waals surface area (Å²) in [5.41, 5.74) is 7.38. The second-order valence-electron chi connectivity index (χ2n) is 0.189. The third-order valence-electron chi connectivity index (χ3n) is 0.0447. The molecule has 0 unspecified atom stereocenters. The quantitative estimate of drug-likeness (QED) is 0.357. The summed E-state index contributed by atoms with van der Waals surface area (Å²) in [7, 11) is 0. The molecule has 3 nitrogen and oxygen atoms in total. The van der Waals surface area contributed by atoms with Crippen molar-refractivity contribution in [2.24, 2.45) is 2.45 Å². The fourth-order valence-electron chi connectivity index (χ4n) is 0. The molecule has 4 heteroatoms. The molecule has 0 atom stereocenters. The molecule has 0 saturated heterocycles. The third kappa shape index (κ3) is 2.36. The maximum absolute atomic E-state index is 7.38. The van der Waals surface area contributed by atoms with Gasteiger partial charge in [0.1, 0.15) is 0 Å². The molecule has 0 aliphatic rings. The van der Waals surface area contributed by atoms with Gasteiger partial charge in [-0.3, -0.25) is 0 Å². The molecular formula is N3U. The SMILES string of the molecule is [N-]=[N+]=[N][U]. The van der Waals surface area contributed by atoms with Crippen molar-refractivity contribution in [2.75, 3.05) is 0 Å². The number of rotatable bonds is 0. The van der Waals surface area contributed by atoms with Gasteiger partial charge in [0.2, 0.25) is 0 Å². The molecule has 0 aliphatic heterocycles. The van der Waals surface area contributed by atoms with Gasteiger partial charge < -0.3 is 0 Å². The molecule has 0 N–H and O–H groups in total. The minimum absolute atomic E-state index is 0.430. The minimum atomic E-state index is 0.430. The predicted octanol–water partition coefficient (Wildman–Crippen LogP) is 0.761. The first kappa shape index (κ1) is 4.36. The van der Waals surface area contributed by atoms with Crippen LogP contribution in [0.2, 0.25) is 0 Å². The van der Waals surface area contributed by atoms with Gasteiger partial charge in [-0.1, -0.05) is 0 Å². The fraction of sp³-hybridized carbons (Fsp3) is 0. The Morgan fingerprint density at radius 3 is 2.25 bits per heavy atom. The Morgan fingerprint density at radius 2 is 2.25 bits per heavy atom. The van der Waals surface area contributed by atoms with Gasteiger partial charge in [0.05, 0.1) is 0 Å². The monoisotopic (exact) mass is 280 g/mol. The van der Waals surface area contributed by atoms with Crippen molar-refractivity contribution in [2.45, 2.75) is 0 Å². The molecule has 0 fully saturated rings. The number of azide groups is 1. The van der Waals surface area contributed by atoms with Crippen LogP contribution in [0.15, 0.2) is 2.45 Å². The molecule has 0 spiro atoms. The van der Waals surface area contributed by atoms with Crippen molar-refractivity contribution in [3.63, 3.8) is 0 Å². The van der Waals surface area contributed by atoms with Crippen molar-refractivity contribution in [3.8, 4) is 0 Å². The standard InChI is InChI=1S/N3.U/c1-3-2;/q-1;+1. The molecule has 19 valence electrons. The molecule has 0 amide bonds. The summed E-state index contributed by atoms with van der Waals surface area (Å²) < 4.78 is 3.09. The Balaban J connectivity index is 3.11. The van der Waals surface area contributed by atoms with Crippen molar-refractivity contribution in [3.05, 3.63) is 10.4 Å². The maximum atomic E-state index is 7.38. The topological polar surface area (TPSA) is 48.8 Å². The van der Waals surface area contributed by atoms with E-state index in [2.05, 4.69) is 7.36 Å². The molecule has 0 saturated carbocycles. The summed E-state index contributed by atoms with van der Waals surface area (Å²) in [6.45, 7) is 0. The molecular weight excluding hydrogens is 280 g/mol. The van der Waals surface area contributed by atoms with Crippen molar-refractivity contribution in [1.82, 2.24) is 0 Å². The Kier molecular flexibility index (Phi) is 3.67. The van der Waals surface area contributed by atoms with Crippen LogP contribution in [0.1, 0.15) is 0 Å². The second kappa shape index (κ2) is 3.36. The van der Waals surface area contributed by atoms with E-state index in [0.29, 0.717) is 29.7 Å². The van der Waals surface area contributed by atoms with Crippen LogP contribution in [0, 0.1) is 29.7 Å². The van der Waals surface area contributed by atoms with Crippen molar-refractivity contribution >= 4 is 0 Å². The molecule has 0 aliphatic carbocycles. The fourth-order valence-corrected chi connectivity index (χ4v) is 0. The van der Waals surface area contributed by atoms with Crippen LogP contribution < -0.4 is 0 Å². The first-order valence-corrected chi connectivity index (χ1v) is 2.49. The molecule has 0 rings (SSSR count). The van der Waals surface area contributed by atoms with E-state index in [4.69, 9.17) is 5.53 Å². The van der Waals surface area contributed by atoms with Gasteiger partial charge in [-0.25, -0.2) is 0 Å². The molecule has 0 aromatic carbocycles. The van der Waals surface area contributed by atoms with Crippen molar-refractivity contribution < 1.29 is 29.7 Å². The normalized spacial score (nSPS) is 4.50. The van der Waals surface area contributed by atoms with Crippen LogP contribution in [-0.4, -0.2) is 0 Å². The van der Waals surface area contributed by atoms with E-state index < -0.39 is 0 Å². The van der Waals surface area contributed by atoms with Gasteiger partial charge in [0.25, 0.3) is 0 Å². The Bertz CT molecular complexity index is 41.2. The van der Waals surface area contributed by atoms with Crippen LogP contribution >= 0.6 is 0 Å². The summed E-state index contributed by atoms with van der Waals surface area (Å²) in [5, 5.41) is 0. The molecule has 0 radical (unpaired) electrons. The Hall–Kier alpha value is 0.362. The van der Waals surface area contributed by atoms with E-state index >= 15 is 0 Å². The third-order valence-corrected chi connectivity index (χ3v) is 0.417. The van der Waals surface area contributed by atoms with Gasteiger partial charge in [-0.2, -0.15) is 0 Å². The number of hydrogen-bond donors (Lipinski definition) is 0. The Labute approximate surface area is 42.7 Å². The van der Waals surface area contributed by atoms with Crippen LogP contribution in [0.5, 0.6) is 0 Å². The first-order chi connectivity index (χ1) is 1.91. The van der Waals surface area contributed by atoms with E-state index in [0.717, 1.165) is 0 Å². The average Bonchev–Trinajstić information content (AvgIpc) is 1.37. The van der Waals surface area contributed by atoms with Gasteiger partial charge in [-0.15, -0.1) is 0 Å². The van der Waals surface area contributed by atoms with Crippen LogP contribution in [0.25, 0.3) is 10.4 Å². The summed E-state index contributed by atoms with van der Waals surface area (Å²) in [6, 6.07) is 0. The molecule has 4 heavy (non-hydrogen) atoms. The molecule has 0 aromatic rings. The second-order valence-corrected chi connectivity index (χ2v) is 1.02. The van der Waals surface area contributed by atoms with Crippen LogP contribution in [0.4, 0.5) is 0 Å². The van der Waals surface area contributed by atoms with Crippen molar-refractivity contribution in [1.29, 1.82) is 0 Å². The molecule has 0 bridgehead atoms. The summed E-state index contributed by atoms with van der Waals surface area (Å²) in [5.74, 6) is 0. The number of nitrogens with zero attached hydrogens (tertiary/aromatic N) is 3. The Morgan fingerprint density at radius 1 is 2.00 bits per heavy atom. The van der Waals surface area contributed by atoms with Crippen LogP contribution in [0.3, 0.4) is 0 Å². The van der Waals surface area contributed by atoms with Gasteiger partial charge >= 0.3 is 42.6 Å². The molecule has 0 heterocycles. The summed E-state index contributed by atoms with van der Waals surface area (Å²) in [6.07, 6.45) is 0. The van der Waals surface area contributed by atoms with E-state index in [-0.39, 0.29) is 0 Å². The van der Waals surface area contributed by atoms with Crippen LogP contribution in [-0.2, 0) is 0 Å². The average molecular weight is 280 g/mol. The van der Waals surface area contributed by atoms with E-state index in [9.17, 15) is 0 Å². The summed E-state index contributed by atoms with van der Waals surface area (Å²) in [4.78, 5) is 2.44. The number of hydrogen-bond acceptors (Lipinski definition) is 1. The van der Waals surface area contributed by atoms with E-state index in [1.165, 1.54) is 0 Å². The van der Waals surface area contributed by atoms with E-state index in [1.54, 1.807) is 0 Å². The first-order valence-electron chi connectivity index (χ1n) is 0.624. The molecule has 0 aromatic heterocycles. The zero-order chi connectivity index (χ0) is 3.41. The van der Waals surface area contributed by atoms with Gasteiger partial charge in [-0.05, 0) is 0 Å². The predicted molar refractivity (Wildman–Crippen MR) is 9.15 cm³/mol. The van der Waals surface area contributed by atoms with E-state index in [1.807, 2.05) is 0 Å². The zero-order valence-corrected chi connectivity index (χ0v) is 6.01.